The quantitative estimate of drug-likeness (QED) is 0.878. The zero-order valence-electron chi connectivity index (χ0n) is 15.2. The Kier molecular flexibility index (Phi) is 4.43. The second kappa shape index (κ2) is 6.91. The summed E-state index contributed by atoms with van der Waals surface area (Å²) in [4.78, 5) is 16.3. The van der Waals surface area contributed by atoms with Gasteiger partial charge in [-0.2, -0.15) is 0 Å². The second-order valence-corrected chi connectivity index (χ2v) is 9.09. The Morgan fingerprint density at radius 1 is 1.08 bits per heavy atom. The van der Waals surface area contributed by atoms with Gasteiger partial charge in [0.25, 0.3) is 0 Å². The van der Waals surface area contributed by atoms with Gasteiger partial charge in [0, 0.05) is 67.2 Å². The van der Waals surface area contributed by atoms with Crippen LogP contribution in [0.15, 0.2) is 23.6 Å². The lowest BCUT2D eigenvalue weighted by molar-refractivity contribution is 0.251. The van der Waals surface area contributed by atoms with Crippen molar-refractivity contribution in [3.05, 3.63) is 40.0 Å². The number of anilines is 1. The van der Waals surface area contributed by atoms with Crippen molar-refractivity contribution in [3.8, 4) is 0 Å². The summed E-state index contributed by atoms with van der Waals surface area (Å²) < 4.78 is 0. The molecular formula is C20H27N5S. The number of rotatable bonds is 5. The van der Waals surface area contributed by atoms with Gasteiger partial charge in [-0.1, -0.05) is 6.07 Å². The minimum atomic E-state index is 0.364. The number of thiophene rings is 1. The smallest absolute Gasteiger partial charge is 0.134 e. The number of hydrogen-bond donors (Lipinski definition) is 1. The van der Waals surface area contributed by atoms with Crippen LogP contribution in [0.5, 0.6) is 0 Å². The summed E-state index contributed by atoms with van der Waals surface area (Å²) in [6, 6.07) is 6.99. The molecule has 1 aliphatic heterocycles. The van der Waals surface area contributed by atoms with Gasteiger partial charge in [-0.05, 0) is 37.1 Å². The third kappa shape index (κ3) is 3.50. The molecule has 0 atom stereocenters. The Balaban J connectivity index is 1.29. The lowest BCUT2D eigenvalue weighted by atomic mass is 9.78. The third-order valence-electron chi connectivity index (χ3n) is 5.94. The molecule has 0 spiro atoms. The van der Waals surface area contributed by atoms with Gasteiger partial charge in [0.15, 0.2) is 0 Å². The average Bonchev–Trinajstić information content (AvgIpc) is 3.37. The Hall–Kier alpha value is -1.50. The van der Waals surface area contributed by atoms with Crippen LogP contribution in [-0.2, 0) is 6.54 Å². The van der Waals surface area contributed by atoms with Crippen molar-refractivity contribution in [2.75, 3.05) is 31.1 Å². The molecule has 2 N–H and O–H groups in total. The molecule has 1 saturated heterocycles. The molecule has 26 heavy (non-hydrogen) atoms. The lowest BCUT2D eigenvalue weighted by Gasteiger charge is -2.36. The van der Waals surface area contributed by atoms with Crippen molar-refractivity contribution < 1.29 is 0 Å². The molecular weight excluding hydrogens is 342 g/mol. The van der Waals surface area contributed by atoms with Gasteiger partial charge >= 0.3 is 0 Å². The Morgan fingerprint density at radius 3 is 2.54 bits per heavy atom. The van der Waals surface area contributed by atoms with Gasteiger partial charge in [0.2, 0.25) is 0 Å². The average molecular weight is 370 g/mol. The topological polar surface area (TPSA) is 58.3 Å². The third-order valence-corrected chi connectivity index (χ3v) is 6.80. The number of nitrogens with zero attached hydrogens (tertiary/aromatic N) is 4. The van der Waals surface area contributed by atoms with Crippen LogP contribution in [0.2, 0.25) is 0 Å². The number of aromatic nitrogens is 2. The van der Waals surface area contributed by atoms with Crippen molar-refractivity contribution in [2.24, 2.45) is 5.73 Å². The fourth-order valence-corrected chi connectivity index (χ4v) is 4.77. The highest BCUT2D eigenvalue weighted by Gasteiger charge is 2.33. The van der Waals surface area contributed by atoms with Crippen LogP contribution in [0, 0.1) is 0 Å². The first kappa shape index (κ1) is 16.7. The molecule has 2 saturated carbocycles. The summed E-state index contributed by atoms with van der Waals surface area (Å²) in [5.41, 5.74) is 7.25. The number of hydrogen-bond acceptors (Lipinski definition) is 6. The fraction of sp³-hybridized carbons (Fsp3) is 0.600. The molecule has 3 aliphatic rings. The minimum absolute atomic E-state index is 0.364. The largest absolute Gasteiger partial charge is 0.354 e. The van der Waals surface area contributed by atoms with E-state index < -0.39 is 0 Å². The van der Waals surface area contributed by atoms with Gasteiger partial charge in [-0.25, -0.2) is 9.97 Å². The summed E-state index contributed by atoms with van der Waals surface area (Å²) in [5, 5.41) is 2.17. The van der Waals surface area contributed by atoms with E-state index in [0.29, 0.717) is 17.9 Å². The molecule has 6 heteroatoms. The maximum atomic E-state index is 6.01. The van der Waals surface area contributed by atoms with E-state index in [1.165, 1.54) is 23.4 Å². The first-order chi connectivity index (χ1) is 12.7. The van der Waals surface area contributed by atoms with Gasteiger partial charge in [0.1, 0.15) is 11.6 Å². The molecule has 0 aromatic carbocycles. The summed E-state index contributed by atoms with van der Waals surface area (Å²) in [6.07, 6.45) is 4.66. The molecule has 0 amide bonds. The predicted octanol–water partition coefficient (Wildman–Crippen LogP) is 2.94. The van der Waals surface area contributed by atoms with E-state index >= 15 is 0 Å². The highest BCUT2D eigenvalue weighted by atomic mass is 32.1. The molecule has 0 unspecified atom stereocenters. The van der Waals surface area contributed by atoms with E-state index in [0.717, 1.165) is 57.2 Å². The van der Waals surface area contributed by atoms with Gasteiger partial charge in [0.05, 0.1) is 0 Å². The summed E-state index contributed by atoms with van der Waals surface area (Å²) in [6.45, 7) is 5.38. The second-order valence-electron chi connectivity index (χ2n) is 8.05. The van der Waals surface area contributed by atoms with E-state index in [-0.39, 0.29) is 0 Å². The van der Waals surface area contributed by atoms with Crippen LogP contribution < -0.4 is 10.6 Å². The molecule has 2 aromatic heterocycles. The van der Waals surface area contributed by atoms with Crippen LogP contribution >= 0.6 is 11.3 Å². The van der Waals surface area contributed by atoms with Gasteiger partial charge < -0.3 is 10.6 Å². The molecule has 0 radical (unpaired) electrons. The lowest BCUT2D eigenvalue weighted by Crippen LogP contribution is -2.46. The van der Waals surface area contributed by atoms with Crippen LogP contribution in [0.25, 0.3) is 0 Å². The first-order valence-corrected chi connectivity index (χ1v) is 10.8. The highest BCUT2D eigenvalue weighted by molar-refractivity contribution is 7.09. The van der Waals surface area contributed by atoms with E-state index in [2.05, 4.69) is 33.4 Å². The monoisotopic (exact) mass is 369 g/mol. The highest BCUT2D eigenvalue weighted by Crippen LogP contribution is 2.41. The molecule has 3 heterocycles. The standard InChI is InChI=1S/C20H27N5S/c21-16-10-15(11-16)18-12-19(23-20(22-18)14-3-4-14)25-7-5-24(6-8-25)13-17-2-1-9-26-17/h1-2,9,12,14-16H,3-8,10-11,13,21H2. The maximum absolute atomic E-state index is 6.01. The van der Waals surface area contributed by atoms with Crippen molar-refractivity contribution in [2.45, 2.75) is 50.1 Å². The van der Waals surface area contributed by atoms with Gasteiger partial charge in [-0.3, -0.25) is 4.90 Å². The Labute approximate surface area is 159 Å². The molecule has 2 aromatic rings. The van der Waals surface area contributed by atoms with Crippen molar-refractivity contribution in [3.63, 3.8) is 0 Å². The molecule has 5 rings (SSSR count). The molecule has 3 fully saturated rings. The van der Waals surface area contributed by atoms with Crippen LogP contribution in [-0.4, -0.2) is 47.1 Å². The molecule has 2 aliphatic carbocycles. The molecule has 5 nitrogen and oxygen atoms in total. The Morgan fingerprint density at radius 2 is 1.88 bits per heavy atom. The van der Waals surface area contributed by atoms with Crippen molar-refractivity contribution >= 4 is 17.2 Å². The van der Waals surface area contributed by atoms with E-state index in [1.807, 2.05) is 11.3 Å². The summed E-state index contributed by atoms with van der Waals surface area (Å²) in [5.74, 6) is 3.37. The normalized spacial score (nSPS) is 26.7. The van der Waals surface area contributed by atoms with Crippen LogP contribution in [0.1, 0.15) is 53.9 Å². The first-order valence-electron chi connectivity index (χ1n) is 9.89. The fourth-order valence-electron chi connectivity index (χ4n) is 4.03. The van der Waals surface area contributed by atoms with Gasteiger partial charge in [-0.15, -0.1) is 11.3 Å². The molecule has 0 bridgehead atoms. The van der Waals surface area contributed by atoms with Crippen LogP contribution in [0.3, 0.4) is 0 Å². The minimum Gasteiger partial charge on any atom is -0.354 e. The number of piperazine rings is 1. The van der Waals surface area contributed by atoms with Crippen molar-refractivity contribution in [1.29, 1.82) is 0 Å². The predicted molar refractivity (Wildman–Crippen MR) is 106 cm³/mol. The maximum Gasteiger partial charge on any atom is 0.134 e. The summed E-state index contributed by atoms with van der Waals surface area (Å²) >= 11 is 1.85. The van der Waals surface area contributed by atoms with Crippen LogP contribution in [0.4, 0.5) is 5.82 Å². The SMILES string of the molecule is NC1CC(c2cc(N3CCN(Cc4cccs4)CC3)nc(C3CC3)n2)C1. The molecule has 138 valence electrons. The number of nitrogens with two attached hydrogens (primary N) is 1. The zero-order valence-corrected chi connectivity index (χ0v) is 16.0. The van der Waals surface area contributed by atoms with E-state index in [1.54, 1.807) is 0 Å². The van der Waals surface area contributed by atoms with E-state index in [4.69, 9.17) is 15.7 Å². The Bertz CT molecular complexity index is 744. The van der Waals surface area contributed by atoms with E-state index in [9.17, 15) is 0 Å². The van der Waals surface area contributed by atoms with Crippen molar-refractivity contribution in [1.82, 2.24) is 14.9 Å². The zero-order chi connectivity index (χ0) is 17.5. The summed E-state index contributed by atoms with van der Waals surface area (Å²) in [7, 11) is 0.